The molecule has 4 aliphatic heterocycles. The summed E-state index contributed by atoms with van der Waals surface area (Å²) in [6.07, 6.45) is 4.67. The first-order valence-corrected chi connectivity index (χ1v) is 13.6. The molecule has 3 aromatic rings. The van der Waals surface area contributed by atoms with Gasteiger partial charge in [0.15, 0.2) is 5.54 Å². The van der Waals surface area contributed by atoms with Crippen LogP contribution in [0.3, 0.4) is 0 Å². The second kappa shape index (κ2) is 8.94. The Hall–Kier alpha value is -3.72. The van der Waals surface area contributed by atoms with Crippen molar-refractivity contribution in [3.05, 3.63) is 54.2 Å². The summed E-state index contributed by atoms with van der Waals surface area (Å²) in [7, 11) is 1.95. The molecule has 196 valence electrons. The molecule has 3 amide bonds. The van der Waals surface area contributed by atoms with Gasteiger partial charge in [-0.1, -0.05) is 30.3 Å². The molecule has 7 rings (SSSR count). The van der Waals surface area contributed by atoms with Crippen LogP contribution in [0.4, 0.5) is 4.79 Å². The van der Waals surface area contributed by atoms with E-state index in [2.05, 4.69) is 47.6 Å². The highest BCUT2D eigenvalue weighted by Crippen LogP contribution is 2.35. The number of amidine groups is 1. The van der Waals surface area contributed by atoms with Gasteiger partial charge in [0.05, 0.1) is 18.3 Å². The normalized spacial score (nSPS) is 23.7. The molecule has 0 radical (unpaired) electrons. The molecule has 3 fully saturated rings. The third-order valence-corrected chi connectivity index (χ3v) is 8.49. The van der Waals surface area contributed by atoms with Gasteiger partial charge in [-0.25, -0.2) is 9.79 Å². The molecule has 5 heterocycles. The molecule has 0 N–H and O–H groups in total. The number of fused-ring (bicyclic) bond motifs is 1. The van der Waals surface area contributed by atoms with Crippen LogP contribution < -0.4 is 0 Å². The zero-order valence-corrected chi connectivity index (χ0v) is 21.7. The molecule has 3 saturated heterocycles. The molecule has 9 heteroatoms. The maximum Gasteiger partial charge on any atom is 0.320 e. The Kier molecular flexibility index (Phi) is 5.51. The quantitative estimate of drug-likeness (QED) is 0.538. The maximum atomic E-state index is 13.7. The van der Waals surface area contributed by atoms with E-state index in [0.29, 0.717) is 39.3 Å². The summed E-state index contributed by atoms with van der Waals surface area (Å²) in [4.78, 5) is 37.1. The fourth-order valence-corrected chi connectivity index (χ4v) is 6.22. The average molecular weight is 513 g/mol. The summed E-state index contributed by atoms with van der Waals surface area (Å²) in [5.41, 5.74) is 3.44. The number of aromatic nitrogens is 2. The first-order valence-electron chi connectivity index (χ1n) is 13.6. The van der Waals surface area contributed by atoms with E-state index in [1.807, 2.05) is 32.6 Å². The van der Waals surface area contributed by atoms with Crippen molar-refractivity contribution in [1.82, 2.24) is 24.5 Å². The number of rotatable bonds is 4. The molecule has 1 unspecified atom stereocenters. The van der Waals surface area contributed by atoms with E-state index in [0.717, 1.165) is 59.4 Å². The summed E-state index contributed by atoms with van der Waals surface area (Å²) in [5, 5.41) is 5.45. The Morgan fingerprint density at radius 3 is 2.50 bits per heavy atom. The Bertz CT molecular complexity index is 1430. The van der Waals surface area contributed by atoms with Crippen molar-refractivity contribution < 1.29 is 14.3 Å². The zero-order chi connectivity index (χ0) is 25.9. The van der Waals surface area contributed by atoms with Gasteiger partial charge in [-0.2, -0.15) is 5.10 Å². The molecule has 2 aromatic carbocycles. The molecule has 1 aromatic heterocycles. The van der Waals surface area contributed by atoms with Crippen LogP contribution in [0.25, 0.3) is 22.0 Å². The lowest BCUT2D eigenvalue weighted by molar-refractivity contribution is -0.132. The average Bonchev–Trinajstić information content (AvgIpc) is 3.72. The second-order valence-corrected chi connectivity index (χ2v) is 11.1. The smallest absolute Gasteiger partial charge is 0.320 e. The van der Waals surface area contributed by atoms with Gasteiger partial charge in [-0.05, 0) is 36.1 Å². The van der Waals surface area contributed by atoms with Crippen LogP contribution >= 0.6 is 0 Å². The number of carbonyl (C=O) groups is 2. The van der Waals surface area contributed by atoms with E-state index in [1.165, 1.54) is 0 Å². The second-order valence-electron chi connectivity index (χ2n) is 11.1. The number of aryl methyl sites for hydroxylation is 1. The minimum atomic E-state index is -0.811. The van der Waals surface area contributed by atoms with Crippen LogP contribution in [0.5, 0.6) is 0 Å². The topological polar surface area (TPSA) is 83.3 Å². The molecule has 1 spiro atoms. The molecular weight excluding hydrogens is 480 g/mol. The highest BCUT2D eigenvalue weighted by molar-refractivity contribution is 6.15. The van der Waals surface area contributed by atoms with E-state index in [4.69, 9.17) is 9.73 Å². The highest BCUT2D eigenvalue weighted by atomic mass is 16.5. The summed E-state index contributed by atoms with van der Waals surface area (Å²) in [5.74, 6) is 0.998. The van der Waals surface area contributed by atoms with Gasteiger partial charge in [-0.3, -0.25) is 14.4 Å². The van der Waals surface area contributed by atoms with Gasteiger partial charge in [0.2, 0.25) is 0 Å². The maximum absolute atomic E-state index is 13.7. The van der Waals surface area contributed by atoms with Crippen molar-refractivity contribution in [3.63, 3.8) is 0 Å². The monoisotopic (exact) mass is 512 g/mol. The van der Waals surface area contributed by atoms with Crippen LogP contribution in [0, 0.1) is 5.92 Å². The lowest BCUT2D eigenvalue weighted by Gasteiger charge is -2.42. The number of likely N-dealkylation sites (tertiary alicyclic amines) is 2. The van der Waals surface area contributed by atoms with Crippen LogP contribution in [0.2, 0.25) is 0 Å². The standard InChI is InChI=1S/C29H32N6O3/c1-32-25-9-8-23(14-24(25)15-30-32)21-4-6-22(7-5-21)26-31-29(10-13-38-19-29)27(36)35(26)18-20-16-34(17-20)28(37)33-11-2-3-12-33/h4-9,14-15,20H,2-3,10-13,16-19H2,1H3. The largest absolute Gasteiger partial charge is 0.378 e. The Morgan fingerprint density at radius 2 is 1.76 bits per heavy atom. The number of hydrogen-bond acceptors (Lipinski definition) is 5. The van der Waals surface area contributed by atoms with Crippen molar-refractivity contribution in [2.75, 3.05) is 45.9 Å². The highest BCUT2D eigenvalue weighted by Gasteiger charge is 2.52. The SMILES string of the molecule is Cn1ncc2cc(-c3ccc(C4=NC5(CCOC5)C(=O)N4CC4CN(C(=O)N5CCCC5)C4)cc3)ccc21. The fourth-order valence-electron chi connectivity index (χ4n) is 6.22. The summed E-state index contributed by atoms with van der Waals surface area (Å²) in [6, 6.07) is 14.8. The molecular formula is C29H32N6O3. The van der Waals surface area contributed by atoms with Crippen molar-refractivity contribution in [2.24, 2.45) is 18.0 Å². The summed E-state index contributed by atoms with van der Waals surface area (Å²) >= 11 is 0. The number of nitrogens with zero attached hydrogens (tertiary/aromatic N) is 6. The summed E-state index contributed by atoms with van der Waals surface area (Å²) in [6.45, 7) is 4.54. The van der Waals surface area contributed by atoms with E-state index in [1.54, 1.807) is 0 Å². The number of hydrogen-bond donors (Lipinski definition) is 0. The molecule has 4 aliphatic rings. The van der Waals surface area contributed by atoms with Crippen molar-refractivity contribution >= 4 is 28.7 Å². The molecule has 0 bridgehead atoms. The third-order valence-electron chi connectivity index (χ3n) is 8.49. The van der Waals surface area contributed by atoms with Crippen LogP contribution in [0.1, 0.15) is 24.8 Å². The molecule has 9 nitrogen and oxygen atoms in total. The number of ether oxygens (including phenoxy) is 1. The molecule has 0 aliphatic carbocycles. The third kappa shape index (κ3) is 3.79. The van der Waals surface area contributed by atoms with Gasteiger partial charge in [-0.15, -0.1) is 0 Å². The van der Waals surface area contributed by atoms with E-state index < -0.39 is 5.54 Å². The summed E-state index contributed by atoms with van der Waals surface area (Å²) < 4.78 is 7.50. The number of urea groups is 1. The lowest BCUT2D eigenvalue weighted by Crippen LogP contribution is -2.58. The Labute approximate surface area is 221 Å². The van der Waals surface area contributed by atoms with E-state index >= 15 is 0 Å². The Morgan fingerprint density at radius 1 is 1.03 bits per heavy atom. The van der Waals surface area contributed by atoms with E-state index in [-0.39, 0.29) is 17.9 Å². The van der Waals surface area contributed by atoms with Gasteiger partial charge < -0.3 is 14.5 Å². The van der Waals surface area contributed by atoms with Crippen molar-refractivity contribution in [2.45, 2.75) is 24.8 Å². The number of aliphatic imine (C=N–C) groups is 1. The molecule has 1 atom stereocenters. The zero-order valence-electron chi connectivity index (χ0n) is 21.7. The lowest BCUT2D eigenvalue weighted by atomic mass is 9.96. The van der Waals surface area contributed by atoms with Crippen molar-refractivity contribution in [1.29, 1.82) is 0 Å². The Balaban J connectivity index is 1.11. The fraction of sp³-hybridized carbons (Fsp3) is 0.448. The van der Waals surface area contributed by atoms with Gasteiger partial charge in [0.1, 0.15) is 5.84 Å². The molecule has 38 heavy (non-hydrogen) atoms. The number of carbonyl (C=O) groups excluding carboxylic acids is 2. The number of benzene rings is 2. The first-order chi connectivity index (χ1) is 18.5. The van der Waals surface area contributed by atoms with Gasteiger partial charge >= 0.3 is 6.03 Å². The number of amides is 3. The predicted octanol–water partition coefficient (Wildman–Crippen LogP) is 3.14. The predicted molar refractivity (Wildman–Crippen MR) is 144 cm³/mol. The minimum absolute atomic E-state index is 0.0282. The first kappa shape index (κ1) is 23.4. The molecule has 0 saturated carbocycles. The van der Waals surface area contributed by atoms with Crippen molar-refractivity contribution in [3.8, 4) is 11.1 Å². The van der Waals surface area contributed by atoms with Crippen LogP contribution in [-0.4, -0.2) is 93.7 Å². The van der Waals surface area contributed by atoms with Gasteiger partial charge in [0.25, 0.3) is 5.91 Å². The van der Waals surface area contributed by atoms with Gasteiger partial charge in [0, 0.05) is 69.7 Å². The minimum Gasteiger partial charge on any atom is -0.378 e. The van der Waals surface area contributed by atoms with E-state index in [9.17, 15) is 9.59 Å². The van der Waals surface area contributed by atoms with Crippen LogP contribution in [-0.2, 0) is 16.6 Å². The van der Waals surface area contributed by atoms with Crippen LogP contribution in [0.15, 0.2) is 53.7 Å².